The molecule has 1 rings (SSSR count). The minimum absolute atomic E-state index is 0.0874. The summed E-state index contributed by atoms with van der Waals surface area (Å²) in [6, 6.07) is 2.17. The Morgan fingerprint density at radius 3 is 3.00 bits per heavy atom. The first-order valence-electron chi connectivity index (χ1n) is 5.24. The second-order valence-electron chi connectivity index (χ2n) is 3.32. The number of nitrogens with one attached hydrogen (secondary N) is 2. The van der Waals surface area contributed by atoms with Crippen molar-refractivity contribution in [2.75, 3.05) is 13.6 Å². The molecular weight excluding hydrogens is 208 g/mol. The Labute approximate surface area is 94.9 Å². The van der Waals surface area contributed by atoms with Crippen LogP contribution in [0, 0.1) is 0 Å². The highest BCUT2D eigenvalue weighted by Gasteiger charge is 2.02. The predicted octanol–water partition coefficient (Wildman–Crippen LogP) is 1.54. The number of carbonyl (C=O) groups is 1. The lowest BCUT2D eigenvalue weighted by Gasteiger charge is -2.04. The van der Waals surface area contributed by atoms with Crippen molar-refractivity contribution >= 4 is 17.2 Å². The molecule has 0 aromatic carbocycles. The highest BCUT2D eigenvalue weighted by atomic mass is 32.1. The minimum atomic E-state index is 0.0874. The van der Waals surface area contributed by atoms with Crippen LogP contribution in [0.25, 0.3) is 0 Å². The number of thiophene rings is 1. The average Bonchev–Trinajstić information content (AvgIpc) is 2.71. The third-order valence-corrected chi connectivity index (χ3v) is 3.28. The van der Waals surface area contributed by atoms with E-state index in [1.807, 2.05) is 0 Å². The highest BCUT2D eigenvalue weighted by molar-refractivity contribution is 7.10. The summed E-state index contributed by atoms with van der Waals surface area (Å²) in [7, 11) is 1.66. The molecule has 4 heteroatoms. The van der Waals surface area contributed by atoms with Gasteiger partial charge in [-0.25, -0.2) is 0 Å². The molecule has 0 saturated carbocycles. The molecule has 2 N–H and O–H groups in total. The van der Waals surface area contributed by atoms with Crippen molar-refractivity contribution in [3.05, 3.63) is 21.9 Å². The Morgan fingerprint density at radius 1 is 1.53 bits per heavy atom. The standard InChI is InChI=1S/C11H18N2OS/c1-3-9-5-7-15-10(9)8-13-6-4-11(14)12-2/h5,7,13H,3-4,6,8H2,1-2H3,(H,12,14). The second-order valence-corrected chi connectivity index (χ2v) is 4.32. The van der Waals surface area contributed by atoms with Gasteiger partial charge in [0.15, 0.2) is 0 Å². The Kier molecular flexibility index (Phi) is 5.36. The van der Waals surface area contributed by atoms with Crippen LogP contribution in [0.5, 0.6) is 0 Å². The first kappa shape index (κ1) is 12.2. The minimum Gasteiger partial charge on any atom is -0.359 e. The van der Waals surface area contributed by atoms with Crippen LogP contribution in [0.2, 0.25) is 0 Å². The van der Waals surface area contributed by atoms with Gasteiger partial charge in [-0.05, 0) is 23.4 Å². The van der Waals surface area contributed by atoms with Crippen LogP contribution in [-0.4, -0.2) is 19.5 Å². The van der Waals surface area contributed by atoms with Crippen molar-refractivity contribution in [1.29, 1.82) is 0 Å². The molecule has 0 aliphatic heterocycles. The number of hydrogen-bond acceptors (Lipinski definition) is 3. The molecule has 1 amide bonds. The van der Waals surface area contributed by atoms with Crippen LogP contribution >= 0.6 is 11.3 Å². The lowest BCUT2D eigenvalue weighted by Crippen LogP contribution is -2.24. The van der Waals surface area contributed by atoms with Gasteiger partial charge < -0.3 is 10.6 Å². The van der Waals surface area contributed by atoms with Crippen LogP contribution in [0.4, 0.5) is 0 Å². The van der Waals surface area contributed by atoms with E-state index in [9.17, 15) is 4.79 Å². The summed E-state index contributed by atoms with van der Waals surface area (Å²) in [5.41, 5.74) is 1.41. The molecule has 0 bridgehead atoms. The van der Waals surface area contributed by atoms with Gasteiger partial charge in [-0.1, -0.05) is 6.92 Å². The zero-order chi connectivity index (χ0) is 11.1. The Bertz CT molecular complexity index is 309. The van der Waals surface area contributed by atoms with Crippen molar-refractivity contribution in [1.82, 2.24) is 10.6 Å². The summed E-state index contributed by atoms with van der Waals surface area (Å²) in [5.74, 6) is 0.0874. The van der Waals surface area contributed by atoms with Gasteiger partial charge in [-0.2, -0.15) is 0 Å². The maximum absolute atomic E-state index is 10.9. The van der Waals surface area contributed by atoms with E-state index in [0.29, 0.717) is 6.42 Å². The quantitative estimate of drug-likeness (QED) is 0.722. The Balaban J connectivity index is 2.23. The smallest absolute Gasteiger partial charge is 0.221 e. The zero-order valence-corrected chi connectivity index (χ0v) is 10.1. The molecule has 0 aliphatic rings. The SMILES string of the molecule is CCc1ccsc1CNCCC(=O)NC. The molecule has 1 heterocycles. The topological polar surface area (TPSA) is 41.1 Å². The summed E-state index contributed by atoms with van der Waals surface area (Å²) in [6.45, 7) is 3.77. The fraction of sp³-hybridized carbons (Fsp3) is 0.545. The molecular formula is C11H18N2OS. The zero-order valence-electron chi connectivity index (χ0n) is 9.30. The molecule has 15 heavy (non-hydrogen) atoms. The van der Waals surface area contributed by atoms with E-state index in [1.54, 1.807) is 18.4 Å². The van der Waals surface area contributed by atoms with E-state index in [2.05, 4.69) is 29.0 Å². The van der Waals surface area contributed by atoms with Crippen LogP contribution in [-0.2, 0) is 17.8 Å². The first-order chi connectivity index (χ1) is 7.27. The molecule has 0 aliphatic carbocycles. The van der Waals surface area contributed by atoms with Crippen LogP contribution in [0.3, 0.4) is 0 Å². The highest BCUT2D eigenvalue weighted by Crippen LogP contribution is 2.16. The number of amides is 1. The molecule has 1 aromatic rings. The van der Waals surface area contributed by atoms with Gasteiger partial charge >= 0.3 is 0 Å². The molecule has 0 radical (unpaired) electrons. The van der Waals surface area contributed by atoms with E-state index < -0.39 is 0 Å². The Morgan fingerprint density at radius 2 is 2.33 bits per heavy atom. The monoisotopic (exact) mass is 226 g/mol. The number of rotatable bonds is 6. The molecule has 1 aromatic heterocycles. The first-order valence-corrected chi connectivity index (χ1v) is 6.12. The lowest BCUT2D eigenvalue weighted by molar-refractivity contribution is -0.120. The lowest BCUT2D eigenvalue weighted by atomic mass is 10.2. The third kappa shape index (κ3) is 4.01. The number of carbonyl (C=O) groups excluding carboxylic acids is 1. The molecule has 0 atom stereocenters. The molecule has 0 saturated heterocycles. The van der Waals surface area contributed by atoms with Crippen molar-refractivity contribution in [2.24, 2.45) is 0 Å². The van der Waals surface area contributed by atoms with Gasteiger partial charge in [0.05, 0.1) is 0 Å². The number of aryl methyl sites for hydroxylation is 1. The predicted molar refractivity (Wildman–Crippen MR) is 64.1 cm³/mol. The maximum Gasteiger partial charge on any atom is 0.221 e. The number of hydrogen-bond donors (Lipinski definition) is 2. The van der Waals surface area contributed by atoms with Gasteiger partial charge in [-0.3, -0.25) is 4.79 Å². The summed E-state index contributed by atoms with van der Waals surface area (Å²) < 4.78 is 0. The fourth-order valence-electron chi connectivity index (χ4n) is 1.37. The van der Waals surface area contributed by atoms with Gasteiger partial charge in [0.2, 0.25) is 5.91 Å². The van der Waals surface area contributed by atoms with Crippen molar-refractivity contribution < 1.29 is 4.79 Å². The Hall–Kier alpha value is -0.870. The third-order valence-electron chi connectivity index (χ3n) is 2.31. The van der Waals surface area contributed by atoms with Gasteiger partial charge in [0, 0.05) is 31.4 Å². The summed E-state index contributed by atoms with van der Waals surface area (Å²) in [6.07, 6.45) is 1.62. The summed E-state index contributed by atoms with van der Waals surface area (Å²) >= 11 is 1.78. The fourth-order valence-corrected chi connectivity index (χ4v) is 2.31. The van der Waals surface area contributed by atoms with Crippen LogP contribution < -0.4 is 10.6 Å². The van der Waals surface area contributed by atoms with Crippen LogP contribution in [0.1, 0.15) is 23.8 Å². The molecule has 3 nitrogen and oxygen atoms in total. The van der Waals surface area contributed by atoms with E-state index >= 15 is 0 Å². The van der Waals surface area contributed by atoms with Crippen molar-refractivity contribution in [3.8, 4) is 0 Å². The van der Waals surface area contributed by atoms with E-state index in [0.717, 1.165) is 19.5 Å². The molecule has 0 spiro atoms. The van der Waals surface area contributed by atoms with Crippen molar-refractivity contribution in [3.63, 3.8) is 0 Å². The average molecular weight is 226 g/mol. The van der Waals surface area contributed by atoms with Crippen LogP contribution in [0.15, 0.2) is 11.4 Å². The molecule has 0 unspecified atom stereocenters. The molecule has 0 fully saturated rings. The van der Waals surface area contributed by atoms with E-state index in [4.69, 9.17) is 0 Å². The van der Waals surface area contributed by atoms with E-state index in [-0.39, 0.29) is 5.91 Å². The van der Waals surface area contributed by atoms with Crippen molar-refractivity contribution in [2.45, 2.75) is 26.3 Å². The molecule has 84 valence electrons. The largest absolute Gasteiger partial charge is 0.359 e. The summed E-state index contributed by atoms with van der Waals surface area (Å²) in [5, 5.41) is 8.00. The maximum atomic E-state index is 10.9. The summed E-state index contributed by atoms with van der Waals surface area (Å²) in [4.78, 5) is 12.3. The van der Waals surface area contributed by atoms with E-state index in [1.165, 1.54) is 10.4 Å². The van der Waals surface area contributed by atoms with Gasteiger partial charge in [0.1, 0.15) is 0 Å². The van der Waals surface area contributed by atoms with Gasteiger partial charge in [0.25, 0.3) is 0 Å². The second kappa shape index (κ2) is 6.58. The normalized spacial score (nSPS) is 10.3. The van der Waals surface area contributed by atoms with Gasteiger partial charge in [-0.15, -0.1) is 11.3 Å².